The monoisotopic (exact) mass is 163 g/mol. The lowest BCUT2D eigenvalue weighted by Gasteiger charge is -2.18. The molecule has 0 saturated carbocycles. The molecule has 1 nitrogen and oxygen atoms in total. The Bertz CT molecular complexity index is 221. The van der Waals surface area contributed by atoms with Crippen molar-refractivity contribution >= 4 is 0 Å². The van der Waals surface area contributed by atoms with Crippen molar-refractivity contribution < 1.29 is 0 Å². The summed E-state index contributed by atoms with van der Waals surface area (Å²) in [4.78, 5) is 0. The van der Waals surface area contributed by atoms with Gasteiger partial charge in [0.05, 0.1) is 0 Å². The highest BCUT2D eigenvalue weighted by Gasteiger charge is 2.08. The second kappa shape index (κ2) is 4.94. The molecule has 1 aliphatic rings. The van der Waals surface area contributed by atoms with Gasteiger partial charge >= 0.3 is 0 Å². The molecule has 1 N–H and O–H groups in total. The van der Waals surface area contributed by atoms with Gasteiger partial charge in [0, 0.05) is 6.54 Å². The zero-order chi connectivity index (χ0) is 8.81. The van der Waals surface area contributed by atoms with Crippen molar-refractivity contribution in [1.29, 1.82) is 0 Å². The van der Waals surface area contributed by atoms with Crippen LogP contribution < -0.4 is 5.32 Å². The lowest BCUT2D eigenvalue weighted by Crippen LogP contribution is -2.25. The summed E-state index contributed by atoms with van der Waals surface area (Å²) in [7, 11) is 0. The molecular weight excluding hydrogens is 146 g/mol. The normalized spacial score (nSPS) is 25.8. The van der Waals surface area contributed by atoms with E-state index in [9.17, 15) is 0 Å². The average Bonchev–Trinajstić information content (AvgIpc) is 2.15. The van der Waals surface area contributed by atoms with Crippen LogP contribution in [0.5, 0.6) is 0 Å². The van der Waals surface area contributed by atoms with E-state index < -0.39 is 0 Å². The SMILES string of the molecule is C\C=C/C=C1/CNCC/C1=C/C. The standard InChI is InChI=1S/C11H17N/c1-3-5-6-11-9-12-8-7-10(11)4-2/h3-6,12H,7-9H2,1-2H3/b5-3-,10-4-,11-6-. The highest BCUT2D eigenvalue weighted by Crippen LogP contribution is 2.16. The van der Waals surface area contributed by atoms with Gasteiger partial charge in [-0.1, -0.05) is 24.3 Å². The molecule has 0 unspecified atom stereocenters. The Morgan fingerprint density at radius 1 is 1.25 bits per heavy atom. The highest BCUT2D eigenvalue weighted by atomic mass is 14.9. The van der Waals surface area contributed by atoms with Gasteiger partial charge in [-0.25, -0.2) is 0 Å². The minimum atomic E-state index is 1.02. The van der Waals surface area contributed by atoms with Crippen LogP contribution in [-0.4, -0.2) is 13.1 Å². The Morgan fingerprint density at radius 3 is 2.75 bits per heavy atom. The summed E-state index contributed by atoms with van der Waals surface area (Å²) >= 11 is 0. The van der Waals surface area contributed by atoms with E-state index in [1.165, 1.54) is 17.6 Å². The van der Waals surface area contributed by atoms with Gasteiger partial charge in [0.2, 0.25) is 0 Å². The molecule has 0 amide bonds. The number of rotatable bonds is 1. The third-order valence-electron chi connectivity index (χ3n) is 2.14. The maximum atomic E-state index is 3.37. The molecule has 0 aromatic heterocycles. The van der Waals surface area contributed by atoms with Crippen molar-refractivity contribution in [3.8, 4) is 0 Å². The Hall–Kier alpha value is -0.820. The van der Waals surface area contributed by atoms with Crippen LogP contribution >= 0.6 is 0 Å². The second-order valence-corrected chi connectivity index (χ2v) is 2.96. The third-order valence-corrected chi connectivity index (χ3v) is 2.14. The van der Waals surface area contributed by atoms with Gasteiger partial charge < -0.3 is 5.32 Å². The van der Waals surface area contributed by atoms with E-state index in [0.717, 1.165) is 13.1 Å². The molecule has 66 valence electrons. The molecule has 1 heteroatoms. The van der Waals surface area contributed by atoms with E-state index in [-0.39, 0.29) is 0 Å². The Kier molecular flexibility index (Phi) is 3.81. The summed E-state index contributed by atoms with van der Waals surface area (Å²) < 4.78 is 0. The van der Waals surface area contributed by atoms with Crippen LogP contribution in [0, 0.1) is 0 Å². The zero-order valence-corrected chi connectivity index (χ0v) is 7.93. The van der Waals surface area contributed by atoms with E-state index in [4.69, 9.17) is 0 Å². The van der Waals surface area contributed by atoms with Gasteiger partial charge in [-0.2, -0.15) is 0 Å². The third kappa shape index (κ3) is 2.35. The van der Waals surface area contributed by atoms with Crippen LogP contribution in [0.4, 0.5) is 0 Å². The molecule has 1 heterocycles. The first-order chi connectivity index (χ1) is 5.88. The number of piperidine rings is 1. The predicted molar refractivity (Wildman–Crippen MR) is 54.1 cm³/mol. The molecule has 0 aromatic rings. The molecule has 0 atom stereocenters. The maximum absolute atomic E-state index is 3.37. The van der Waals surface area contributed by atoms with Crippen molar-refractivity contribution in [2.45, 2.75) is 20.3 Å². The summed E-state index contributed by atoms with van der Waals surface area (Å²) in [5.41, 5.74) is 2.92. The molecule has 0 radical (unpaired) electrons. The smallest absolute Gasteiger partial charge is 0.0208 e. The maximum Gasteiger partial charge on any atom is 0.0208 e. The Labute approximate surface area is 74.9 Å². The predicted octanol–water partition coefficient (Wildman–Crippen LogP) is 2.43. The van der Waals surface area contributed by atoms with Crippen LogP contribution in [0.25, 0.3) is 0 Å². The fraction of sp³-hybridized carbons (Fsp3) is 0.455. The van der Waals surface area contributed by atoms with Crippen molar-refractivity contribution in [2.75, 3.05) is 13.1 Å². The van der Waals surface area contributed by atoms with Gasteiger partial charge in [-0.3, -0.25) is 0 Å². The summed E-state index contributed by atoms with van der Waals surface area (Å²) in [6.07, 6.45) is 9.75. The topological polar surface area (TPSA) is 12.0 Å². The fourth-order valence-corrected chi connectivity index (χ4v) is 1.43. The van der Waals surface area contributed by atoms with E-state index >= 15 is 0 Å². The molecule has 1 saturated heterocycles. The zero-order valence-electron chi connectivity index (χ0n) is 7.93. The molecule has 0 bridgehead atoms. The molecule has 12 heavy (non-hydrogen) atoms. The van der Waals surface area contributed by atoms with Gasteiger partial charge in [0.1, 0.15) is 0 Å². The van der Waals surface area contributed by atoms with Gasteiger partial charge in [-0.05, 0) is 38.0 Å². The Balaban J connectivity index is 2.71. The van der Waals surface area contributed by atoms with Gasteiger partial charge in [0.15, 0.2) is 0 Å². The minimum absolute atomic E-state index is 1.02. The number of nitrogens with one attached hydrogen (secondary N) is 1. The summed E-state index contributed by atoms with van der Waals surface area (Å²) in [6, 6.07) is 0. The van der Waals surface area contributed by atoms with E-state index in [2.05, 4.69) is 36.5 Å². The van der Waals surface area contributed by atoms with Crippen LogP contribution in [0.15, 0.2) is 35.5 Å². The first kappa shape index (κ1) is 9.27. The summed E-state index contributed by atoms with van der Waals surface area (Å²) in [6.45, 7) is 6.30. The van der Waals surface area contributed by atoms with Crippen molar-refractivity contribution in [1.82, 2.24) is 5.32 Å². The number of hydrogen-bond acceptors (Lipinski definition) is 1. The first-order valence-corrected chi connectivity index (χ1v) is 4.56. The lowest BCUT2D eigenvalue weighted by molar-refractivity contribution is 0.682. The molecule has 0 spiro atoms. The van der Waals surface area contributed by atoms with Crippen LogP contribution in [0.2, 0.25) is 0 Å². The fourth-order valence-electron chi connectivity index (χ4n) is 1.43. The summed E-state index contributed by atoms with van der Waals surface area (Å²) in [5.74, 6) is 0. The molecule has 1 fully saturated rings. The van der Waals surface area contributed by atoms with Crippen LogP contribution in [0.3, 0.4) is 0 Å². The second-order valence-electron chi connectivity index (χ2n) is 2.96. The van der Waals surface area contributed by atoms with Crippen molar-refractivity contribution in [3.63, 3.8) is 0 Å². The van der Waals surface area contributed by atoms with Crippen molar-refractivity contribution in [3.05, 3.63) is 35.5 Å². The molecular formula is C11H17N. The van der Waals surface area contributed by atoms with Crippen LogP contribution in [0.1, 0.15) is 20.3 Å². The number of hydrogen-bond donors (Lipinski definition) is 1. The quantitative estimate of drug-likeness (QED) is 0.626. The largest absolute Gasteiger partial charge is 0.312 e. The minimum Gasteiger partial charge on any atom is -0.312 e. The van der Waals surface area contributed by atoms with E-state index in [1.54, 1.807) is 0 Å². The lowest BCUT2D eigenvalue weighted by atomic mass is 9.99. The summed E-state index contributed by atoms with van der Waals surface area (Å²) in [5, 5.41) is 3.37. The molecule has 1 aliphatic heterocycles. The molecule has 1 rings (SSSR count). The Morgan fingerprint density at radius 2 is 2.08 bits per heavy atom. The number of allylic oxidation sites excluding steroid dienone is 4. The van der Waals surface area contributed by atoms with Crippen LogP contribution in [-0.2, 0) is 0 Å². The molecule has 0 aromatic carbocycles. The first-order valence-electron chi connectivity index (χ1n) is 4.56. The van der Waals surface area contributed by atoms with E-state index in [1.807, 2.05) is 6.92 Å². The van der Waals surface area contributed by atoms with E-state index in [0.29, 0.717) is 0 Å². The van der Waals surface area contributed by atoms with Gasteiger partial charge in [0.25, 0.3) is 0 Å². The highest BCUT2D eigenvalue weighted by molar-refractivity contribution is 5.36. The van der Waals surface area contributed by atoms with Gasteiger partial charge in [-0.15, -0.1) is 0 Å². The average molecular weight is 163 g/mol. The molecule has 0 aliphatic carbocycles. The van der Waals surface area contributed by atoms with Crippen molar-refractivity contribution in [2.24, 2.45) is 0 Å².